The zero-order valence-corrected chi connectivity index (χ0v) is 9.82. The van der Waals surface area contributed by atoms with Gasteiger partial charge in [0.2, 0.25) is 0 Å². The van der Waals surface area contributed by atoms with Crippen LogP contribution in [0.1, 0.15) is 11.1 Å². The van der Waals surface area contributed by atoms with Gasteiger partial charge >= 0.3 is 6.18 Å². The van der Waals surface area contributed by atoms with Gasteiger partial charge in [0.1, 0.15) is 18.2 Å². The van der Waals surface area contributed by atoms with Crippen molar-refractivity contribution in [2.45, 2.75) is 12.8 Å². The third-order valence-electron chi connectivity index (χ3n) is 2.48. The number of alkyl halides is 3. The first-order valence-corrected chi connectivity index (χ1v) is 5.46. The summed E-state index contributed by atoms with van der Waals surface area (Å²) in [6.07, 6.45) is -2.85. The van der Waals surface area contributed by atoms with Crippen molar-refractivity contribution in [2.24, 2.45) is 0 Å². The largest absolute Gasteiger partial charge is 0.489 e. The summed E-state index contributed by atoms with van der Waals surface area (Å²) in [7, 11) is 0. The number of benzene rings is 1. The molecule has 0 amide bonds. The summed E-state index contributed by atoms with van der Waals surface area (Å²) in [4.78, 5) is 3.87. The van der Waals surface area contributed by atoms with E-state index < -0.39 is 11.7 Å². The number of nitrogen functional groups attached to an aromatic ring is 1. The van der Waals surface area contributed by atoms with Crippen molar-refractivity contribution < 1.29 is 17.9 Å². The maximum atomic E-state index is 12.5. The van der Waals surface area contributed by atoms with Gasteiger partial charge in [-0.25, -0.2) is 4.98 Å². The van der Waals surface area contributed by atoms with Crippen LogP contribution in [-0.4, -0.2) is 4.98 Å². The molecule has 0 aliphatic carbocycles. The van der Waals surface area contributed by atoms with E-state index in [0.717, 1.165) is 12.1 Å². The Balaban J connectivity index is 2.10. The van der Waals surface area contributed by atoms with E-state index in [4.69, 9.17) is 10.5 Å². The summed E-state index contributed by atoms with van der Waals surface area (Å²) in [6, 6.07) is 8.08. The summed E-state index contributed by atoms with van der Waals surface area (Å²) < 4.78 is 42.8. The summed E-state index contributed by atoms with van der Waals surface area (Å²) >= 11 is 0. The van der Waals surface area contributed by atoms with Crippen molar-refractivity contribution in [1.82, 2.24) is 4.98 Å². The number of hydrogen-bond acceptors (Lipinski definition) is 3. The van der Waals surface area contributed by atoms with Crippen molar-refractivity contribution in [3.05, 3.63) is 53.7 Å². The van der Waals surface area contributed by atoms with Crippen LogP contribution >= 0.6 is 0 Å². The Morgan fingerprint density at radius 2 is 1.95 bits per heavy atom. The number of rotatable bonds is 3. The van der Waals surface area contributed by atoms with Gasteiger partial charge < -0.3 is 10.5 Å². The summed E-state index contributed by atoms with van der Waals surface area (Å²) in [5.74, 6) is 0.438. The van der Waals surface area contributed by atoms with Crippen LogP contribution < -0.4 is 10.5 Å². The SMILES string of the molecule is Nc1ncccc1COc1cccc(C(F)(F)F)c1. The Morgan fingerprint density at radius 1 is 1.16 bits per heavy atom. The van der Waals surface area contributed by atoms with Crippen LogP contribution in [0, 0.1) is 0 Å². The highest BCUT2D eigenvalue weighted by Crippen LogP contribution is 2.31. The zero-order valence-electron chi connectivity index (χ0n) is 9.82. The molecule has 0 saturated carbocycles. The van der Waals surface area contributed by atoms with Crippen LogP contribution in [0.2, 0.25) is 0 Å². The monoisotopic (exact) mass is 268 g/mol. The molecule has 0 unspecified atom stereocenters. The Morgan fingerprint density at radius 3 is 2.63 bits per heavy atom. The van der Waals surface area contributed by atoms with E-state index in [1.54, 1.807) is 12.1 Å². The molecule has 0 bridgehead atoms. The minimum Gasteiger partial charge on any atom is -0.489 e. The molecule has 0 atom stereocenters. The van der Waals surface area contributed by atoms with Crippen LogP contribution in [0.25, 0.3) is 0 Å². The molecule has 1 aromatic heterocycles. The molecule has 19 heavy (non-hydrogen) atoms. The van der Waals surface area contributed by atoms with Crippen molar-refractivity contribution in [1.29, 1.82) is 0 Å². The second-order valence-electron chi connectivity index (χ2n) is 3.86. The molecule has 3 nitrogen and oxygen atoms in total. The first kappa shape index (κ1) is 13.2. The summed E-state index contributed by atoms with van der Waals surface area (Å²) in [5.41, 5.74) is 5.49. The van der Waals surface area contributed by atoms with Gasteiger partial charge in [-0.15, -0.1) is 0 Å². The Bertz CT molecular complexity index is 570. The fraction of sp³-hybridized carbons (Fsp3) is 0.154. The van der Waals surface area contributed by atoms with Crippen LogP contribution in [0.15, 0.2) is 42.6 Å². The summed E-state index contributed by atoms with van der Waals surface area (Å²) in [6.45, 7) is 0.0704. The van der Waals surface area contributed by atoms with E-state index >= 15 is 0 Å². The second-order valence-corrected chi connectivity index (χ2v) is 3.86. The predicted octanol–water partition coefficient (Wildman–Crippen LogP) is 3.26. The fourth-order valence-electron chi connectivity index (χ4n) is 1.50. The van der Waals surface area contributed by atoms with Gasteiger partial charge in [0, 0.05) is 11.8 Å². The molecule has 2 aromatic rings. The van der Waals surface area contributed by atoms with E-state index in [1.165, 1.54) is 18.3 Å². The Hall–Kier alpha value is -2.24. The zero-order chi connectivity index (χ0) is 13.9. The lowest BCUT2D eigenvalue weighted by Gasteiger charge is -2.10. The number of nitrogens with zero attached hydrogens (tertiary/aromatic N) is 1. The molecule has 2 N–H and O–H groups in total. The van der Waals surface area contributed by atoms with Crippen molar-refractivity contribution in [2.75, 3.05) is 5.73 Å². The number of pyridine rings is 1. The van der Waals surface area contributed by atoms with Crippen LogP contribution in [0.5, 0.6) is 5.75 Å². The molecule has 1 aromatic carbocycles. The normalized spacial score (nSPS) is 11.3. The van der Waals surface area contributed by atoms with Gasteiger partial charge in [-0.3, -0.25) is 0 Å². The van der Waals surface area contributed by atoms with Crippen LogP contribution in [-0.2, 0) is 12.8 Å². The average Bonchev–Trinajstić information content (AvgIpc) is 2.37. The maximum absolute atomic E-state index is 12.5. The molecule has 0 aliphatic heterocycles. The topological polar surface area (TPSA) is 48.1 Å². The van der Waals surface area contributed by atoms with Gasteiger partial charge in [0.05, 0.1) is 5.56 Å². The number of hydrogen-bond donors (Lipinski definition) is 1. The molecule has 0 saturated heterocycles. The van der Waals surface area contributed by atoms with E-state index in [9.17, 15) is 13.2 Å². The molecule has 100 valence electrons. The highest BCUT2D eigenvalue weighted by Gasteiger charge is 2.30. The van der Waals surface area contributed by atoms with Gasteiger partial charge in [-0.2, -0.15) is 13.2 Å². The Labute approximate surface area is 107 Å². The first-order chi connectivity index (χ1) is 8.97. The fourth-order valence-corrected chi connectivity index (χ4v) is 1.50. The molecular formula is C13H11F3N2O. The lowest BCUT2D eigenvalue weighted by atomic mass is 10.2. The van der Waals surface area contributed by atoms with E-state index in [0.29, 0.717) is 11.4 Å². The maximum Gasteiger partial charge on any atom is 0.416 e. The molecular weight excluding hydrogens is 257 g/mol. The number of halogens is 3. The van der Waals surface area contributed by atoms with Crippen molar-refractivity contribution in [3.63, 3.8) is 0 Å². The van der Waals surface area contributed by atoms with Gasteiger partial charge in [-0.1, -0.05) is 12.1 Å². The molecule has 0 radical (unpaired) electrons. The van der Waals surface area contributed by atoms with Crippen molar-refractivity contribution >= 4 is 5.82 Å². The van der Waals surface area contributed by atoms with Crippen molar-refractivity contribution in [3.8, 4) is 5.75 Å². The van der Waals surface area contributed by atoms with Crippen LogP contribution in [0.3, 0.4) is 0 Å². The highest BCUT2D eigenvalue weighted by molar-refractivity contribution is 5.38. The highest BCUT2D eigenvalue weighted by atomic mass is 19.4. The van der Waals surface area contributed by atoms with Crippen LogP contribution in [0.4, 0.5) is 19.0 Å². The number of nitrogens with two attached hydrogens (primary N) is 1. The lowest BCUT2D eigenvalue weighted by molar-refractivity contribution is -0.137. The van der Waals surface area contributed by atoms with Gasteiger partial charge in [-0.05, 0) is 24.3 Å². The van der Waals surface area contributed by atoms with Gasteiger partial charge in [0.25, 0.3) is 0 Å². The number of aromatic nitrogens is 1. The molecule has 0 aliphatic rings. The van der Waals surface area contributed by atoms with E-state index in [2.05, 4.69) is 4.98 Å². The van der Waals surface area contributed by atoms with E-state index in [-0.39, 0.29) is 12.4 Å². The minimum atomic E-state index is -4.38. The quantitative estimate of drug-likeness (QED) is 0.929. The molecule has 2 rings (SSSR count). The van der Waals surface area contributed by atoms with E-state index in [1.807, 2.05) is 0 Å². The third-order valence-corrected chi connectivity index (χ3v) is 2.48. The second kappa shape index (κ2) is 5.17. The predicted molar refractivity (Wildman–Crippen MR) is 64.4 cm³/mol. The van der Waals surface area contributed by atoms with Gasteiger partial charge in [0.15, 0.2) is 0 Å². The number of anilines is 1. The summed E-state index contributed by atoms with van der Waals surface area (Å²) in [5, 5.41) is 0. The number of ether oxygens (including phenoxy) is 1. The minimum absolute atomic E-state index is 0.0704. The molecule has 0 spiro atoms. The molecule has 0 fully saturated rings. The smallest absolute Gasteiger partial charge is 0.416 e. The average molecular weight is 268 g/mol. The molecule has 6 heteroatoms. The standard InChI is InChI=1S/C13H11F3N2O/c14-13(15,16)10-4-1-5-11(7-10)19-8-9-3-2-6-18-12(9)17/h1-7H,8H2,(H2,17,18). The molecule has 1 heterocycles. The third kappa shape index (κ3) is 3.37. The first-order valence-electron chi connectivity index (χ1n) is 5.46. The lowest BCUT2D eigenvalue weighted by Crippen LogP contribution is -2.06. The Kier molecular flexibility index (Phi) is 3.59.